The van der Waals surface area contributed by atoms with Crippen molar-refractivity contribution in [2.45, 2.75) is 13.3 Å². The minimum Gasteiger partial charge on any atom is -0.496 e. The predicted octanol–water partition coefficient (Wildman–Crippen LogP) is 3.31. The van der Waals surface area contributed by atoms with Crippen LogP contribution in [0.25, 0.3) is 0 Å². The molecule has 0 amide bonds. The minimum atomic E-state index is 0.621. The van der Waals surface area contributed by atoms with E-state index in [-0.39, 0.29) is 0 Å². The summed E-state index contributed by atoms with van der Waals surface area (Å²) in [4.78, 5) is 0. The molecule has 0 atom stereocenters. The highest BCUT2D eigenvalue weighted by molar-refractivity contribution is 5.46. The number of hydrogen-bond acceptors (Lipinski definition) is 4. The molecule has 112 valence electrons. The van der Waals surface area contributed by atoms with E-state index in [4.69, 9.17) is 19.9 Å². The Balaban J connectivity index is 2.30. The van der Waals surface area contributed by atoms with Gasteiger partial charge in [0.2, 0.25) is 0 Å². The second-order valence-corrected chi connectivity index (χ2v) is 4.79. The van der Waals surface area contributed by atoms with Gasteiger partial charge in [0, 0.05) is 18.2 Å². The first-order valence-electron chi connectivity index (χ1n) is 6.86. The lowest BCUT2D eigenvalue weighted by Gasteiger charge is -2.13. The number of rotatable bonds is 6. The molecule has 0 aliphatic heterocycles. The molecule has 0 spiro atoms. The van der Waals surface area contributed by atoms with Crippen LogP contribution in [0.5, 0.6) is 23.0 Å². The SMILES string of the molecule is COc1cc(OC)cc(Oc2cc(CCN)ccc2C)c1. The van der Waals surface area contributed by atoms with Crippen LogP contribution in [-0.2, 0) is 6.42 Å². The maximum Gasteiger partial charge on any atom is 0.134 e. The van der Waals surface area contributed by atoms with E-state index in [0.29, 0.717) is 23.8 Å². The molecule has 4 heteroatoms. The Labute approximate surface area is 125 Å². The number of benzene rings is 2. The van der Waals surface area contributed by atoms with Gasteiger partial charge in [-0.3, -0.25) is 0 Å². The maximum absolute atomic E-state index is 5.98. The summed E-state index contributed by atoms with van der Waals surface area (Å²) in [7, 11) is 3.23. The van der Waals surface area contributed by atoms with Crippen molar-refractivity contribution in [3.8, 4) is 23.0 Å². The predicted molar refractivity (Wildman–Crippen MR) is 83.6 cm³/mol. The number of methoxy groups -OCH3 is 2. The maximum atomic E-state index is 5.98. The Morgan fingerprint density at radius 3 is 2.10 bits per heavy atom. The molecule has 0 aliphatic rings. The third-order valence-corrected chi connectivity index (χ3v) is 3.24. The van der Waals surface area contributed by atoms with Gasteiger partial charge in [0.15, 0.2) is 0 Å². The normalized spacial score (nSPS) is 10.3. The van der Waals surface area contributed by atoms with Crippen molar-refractivity contribution in [3.05, 3.63) is 47.5 Å². The number of aryl methyl sites for hydroxylation is 1. The molecule has 0 aromatic heterocycles. The quantitative estimate of drug-likeness (QED) is 0.885. The molecule has 4 nitrogen and oxygen atoms in total. The van der Waals surface area contributed by atoms with Crippen LogP contribution in [0.1, 0.15) is 11.1 Å². The fraction of sp³-hybridized carbons (Fsp3) is 0.294. The van der Waals surface area contributed by atoms with Gasteiger partial charge in [-0.05, 0) is 37.1 Å². The van der Waals surface area contributed by atoms with Gasteiger partial charge in [-0.25, -0.2) is 0 Å². The average molecular weight is 287 g/mol. The van der Waals surface area contributed by atoms with Crippen LogP contribution in [0.15, 0.2) is 36.4 Å². The summed E-state index contributed by atoms with van der Waals surface area (Å²) in [6.07, 6.45) is 0.831. The molecular weight excluding hydrogens is 266 g/mol. The number of ether oxygens (including phenoxy) is 3. The Hall–Kier alpha value is -2.20. The van der Waals surface area contributed by atoms with Gasteiger partial charge in [0.1, 0.15) is 23.0 Å². The first-order valence-corrected chi connectivity index (χ1v) is 6.86. The molecule has 0 aliphatic carbocycles. The second kappa shape index (κ2) is 6.99. The first-order chi connectivity index (χ1) is 10.2. The summed E-state index contributed by atoms with van der Waals surface area (Å²) >= 11 is 0. The van der Waals surface area contributed by atoms with E-state index in [1.165, 1.54) is 0 Å². The van der Waals surface area contributed by atoms with E-state index in [1.54, 1.807) is 14.2 Å². The average Bonchev–Trinajstić information content (AvgIpc) is 2.50. The van der Waals surface area contributed by atoms with Crippen LogP contribution >= 0.6 is 0 Å². The minimum absolute atomic E-state index is 0.621. The molecule has 0 radical (unpaired) electrons. The third-order valence-electron chi connectivity index (χ3n) is 3.24. The van der Waals surface area contributed by atoms with Gasteiger partial charge >= 0.3 is 0 Å². The summed E-state index contributed by atoms with van der Waals surface area (Å²) in [6.45, 7) is 2.63. The van der Waals surface area contributed by atoms with Crippen LogP contribution in [-0.4, -0.2) is 20.8 Å². The van der Waals surface area contributed by atoms with Gasteiger partial charge < -0.3 is 19.9 Å². The Bertz CT molecular complexity index is 589. The molecule has 0 saturated heterocycles. The van der Waals surface area contributed by atoms with Crippen molar-refractivity contribution in [3.63, 3.8) is 0 Å². The molecule has 2 aromatic rings. The van der Waals surface area contributed by atoms with Crippen molar-refractivity contribution < 1.29 is 14.2 Å². The van der Waals surface area contributed by atoms with Crippen LogP contribution < -0.4 is 19.9 Å². The van der Waals surface area contributed by atoms with Gasteiger partial charge in [0.05, 0.1) is 14.2 Å². The zero-order chi connectivity index (χ0) is 15.2. The fourth-order valence-electron chi connectivity index (χ4n) is 2.04. The molecule has 0 bridgehead atoms. The molecule has 0 unspecified atom stereocenters. The van der Waals surface area contributed by atoms with Crippen molar-refractivity contribution in [2.24, 2.45) is 5.73 Å². The van der Waals surface area contributed by atoms with E-state index in [0.717, 1.165) is 23.3 Å². The highest BCUT2D eigenvalue weighted by atomic mass is 16.5. The fourth-order valence-corrected chi connectivity index (χ4v) is 2.04. The molecule has 2 rings (SSSR count). The monoisotopic (exact) mass is 287 g/mol. The van der Waals surface area contributed by atoms with Gasteiger partial charge in [0.25, 0.3) is 0 Å². The topological polar surface area (TPSA) is 53.7 Å². The lowest BCUT2D eigenvalue weighted by molar-refractivity contribution is 0.386. The van der Waals surface area contributed by atoms with Gasteiger partial charge in [-0.1, -0.05) is 12.1 Å². The lowest BCUT2D eigenvalue weighted by Crippen LogP contribution is -2.03. The Morgan fingerprint density at radius 1 is 0.905 bits per heavy atom. The molecule has 0 saturated carbocycles. The van der Waals surface area contributed by atoms with E-state index in [2.05, 4.69) is 6.07 Å². The van der Waals surface area contributed by atoms with E-state index in [9.17, 15) is 0 Å². The largest absolute Gasteiger partial charge is 0.496 e. The van der Waals surface area contributed by atoms with E-state index < -0.39 is 0 Å². The summed E-state index contributed by atoms with van der Waals surface area (Å²) in [5.41, 5.74) is 7.83. The van der Waals surface area contributed by atoms with E-state index >= 15 is 0 Å². The first kappa shape index (κ1) is 15.2. The zero-order valence-electron chi connectivity index (χ0n) is 12.7. The summed E-state index contributed by atoms with van der Waals surface area (Å²) in [5, 5.41) is 0. The summed E-state index contributed by atoms with van der Waals surface area (Å²) in [6, 6.07) is 11.6. The van der Waals surface area contributed by atoms with Crippen LogP contribution in [0.3, 0.4) is 0 Å². The highest BCUT2D eigenvalue weighted by Crippen LogP contribution is 2.32. The molecule has 0 heterocycles. The number of nitrogens with two attached hydrogens (primary N) is 1. The standard InChI is InChI=1S/C17H21NO3/c1-12-4-5-13(6-7-18)8-17(12)21-16-10-14(19-2)9-15(11-16)20-3/h4-5,8-11H,6-7,18H2,1-3H3. The van der Waals surface area contributed by atoms with Crippen LogP contribution in [0, 0.1) is 6.92 Å². The van der Waals surface area contributed by atoms with Crippen LogP contribution in [0.4, 0.5) is 0 Å². The second-order valence-electron chi connectivity index (χ2n) is 4.79. The molecule has 2 aromatic carbocycles. The molecule has 2 N–H and O–H groups in total. The molecule has 21 heavy (non-hydrogen) atoms. The Kier molecular flexibility index (Phi) is 5.06. The van der Waals surface area contributed by atoms with Crippen molar-refractivity contribution in [2.75, 3.05) is 20.8 Å². The molecule has 0 fully saturated rings. The summed E-state index contributed by atoms with van der Waals surface area (Å²) in [5.74, 6) is 2.88. The Morgan fingerprint density at radius 2 is 1.52 bits per heavy atom. The van der Waals surface area contributed by atoms with Crippen molar-refractivity contribution in [1.29, 1.82) is 0 Å². The van der Waals surface area contributed by atoms with E-state index in [1.807, 2.05) is 37.3 Å². The molecular formula is C17H21NO3. The summed E-state index contributed by atoms with van der Waals surface area (Å²) < 4.78 is 16.5. The van der Waals surface area contributed by atoms with Gasteiger partial charge in [-0.15, -0.1) is 0 Å². The van der Waals surface area contributed by atoms with Crippen molar-refractivity contribution >= 4 is 0 Å². The third kappa shape index (κ3) is 3.89. The van der Waals surface area contributed by atoms with Gasteiger partial charge in [-0.2, -0.15) is 0 Å². The number of hydrogen-bond donors (Lipinski definition) is 1. The zero-order valence-corrected chi connectivity index (χ0v) is 12.7. The smallest absolute Gasteiger partial charge is 0.134 e. The highest BCUT2D eigenvalue weighted by Gasteiger charge is 2.07. The lowest BCUT2D eigenvalue weighted by atomic mass is 10.1. The van der Waals surface area contributed by atoms with Crippen molar-refractivity contribution in [1.82, 2.24) is 0 Å². The van der Waals surface area contributed by atoms with Crippen LogP contribution in [0.2, 0.25) is 0 Å².